The van der Waals surface area contributed by atoms with E-state index < -0.39 is 0 Å². The third-order valence-corrected chi connectivity index (χ3v) is 5.21. The van der Waals surface area contributed by atoms with Gasteiger partial charge in [0.25, 0.3) is 0 Å². The van der Waals surface area contributed by atoms with Crippen LogP contribution in [-0.2, 0) is 13.0 Å². The molecule has 0 atom stereocenters. The van der Waals surface area contributed by atoms with Crippen LogP contribution in [0.1, 0.15) is 23.3 Å². The van der Waals surface area contributed by atoms with E-state index in [0.717, 1.165) is 24.5 Å². The normalized spacial score (nSPS) is 14.4. The second-order valence-electron chi connectivity index (χ2n) is 5.64. The minimum atomic E-state index is 0.700. The summed E-state index contributed by atoms with van der Waals surface area (Å²) in [6.07, 6.45) is 3.68. The molecule has 0 aliphatic heterocycles. The summed E-state index contributed by atoms with van der Waals surface area (Å²) in [7, 11) is 2.15. The molecule has 2 nitrogen and oxygen atoms in total. The quantitative estimate of drug-likeness (QED) is 0.816. The first kappa shape index (κ1) is 14.9. The van der Waals surface area contributed by atoms with Crippen molar-refractivity contribution in [1.29, 1.82) is 0 Å². The van der Waals surface area contributed by atoms with E-state index in [0.29, 0.717) is 6.04 Å². The first-order chi connectivity index (χ1) is 10.2. The molecule has 1 heterocycles. The molecule has 1 fully saturated rings. The van der Waals surface area contributed by atoms with Crippen molar-refractivity contribution in [2.45, 2.75) is 31.8 Å². The van der Waals surface area contributed by atoms with Crippen molar-refractivity contribution in [2.24, 2.45) is 0 Å². The largest absolute Gasteiger partial charge is 0.374 e. The van der Waals surface area contributed by atoms with Crippen LogP contribution in [0.2, 0.25) is 5.02 Å². The van der Waals surface area contributed by atoms with Gasteiger partial charge in [-0.05, 0) is 42.8 Å². The molecule has 0 spiro atoms. The Balaban J connectivity index is 1.68. The number of benzene rings is 1. The van der Waals surface area contributed by atoms with Crippen LogP contribution in [0, 0.1) is 0 Å². The van der Waals surface area contributed by atoms with E-state index in [1.165, 1.54) is 29.0 Å². The highest BCUT2D eigenvalue weighted by Gasteiger charge is 2.21. The number of likely N-dealkylation sites (N-methyl/N-ethyl adjacent to an activating group) is 1. The summed E-state index contributed by atoms with van der Waals surface area (Å²) in [6.45, 7) is 1.88. The van der Waals surface area contributed by atoms with Crippen molar-refractivity contribution in [3.05, 3.63) is 51.2 Å². The van der Waals surface area contributed by atoms with Gasteiger partial charge in [-0.15, -0.1) is 11.3 Å². The van der Waals surface area contributed by atoms with Gasteiger partial charge < -0.3 is 10.2 Å². The van der Waals surface area contributed by atoms with E-state index in [-0.39, 0.29) is 0 Å². The number of rotatable bonds is 7. The Labute approximate surface area is 135 Å². The van der Waals surface area contributed by atoms with Gasteiger partial charge in [0.2, 0.25) is 0 Å². The highest BCUT2D eigenvalue weighted by atomic mass is 35.5. The van der Waals surface area contributed by atoms with Crippen molar-refractivity contribution < 1.29 is 0 Å². The molecule has 2 aromatic rings. The molecule has 1 aromatic carbocycles. The molecule has 4 heteroatoms. The molecule has 21 heavy (non-hydrogen) atoms. The number of thiophene rings is 1. The minimum Gasteiger partial charge on any atom is -0.374 e. The van der Waals surface area contributed by atoms with Gasteiger partial charge in [-0.25, -0.2) is 0 Å². The lowest BCUT2D eigenvalue weighted by molar-refractivity contribution is 0.685. The predicted octanol–water partition coefficient (Wildman–Crippen LogP) is 4.33. The van der Waals surface area contributed by atoms with Crippen LogP contribution in [0.25, 0.3) is 0 Å². The van der Waals surface area contributed by atoms with Gasteiger partial charge in [-0.2, -0.15) is 0 Å². The standard InChI is InChI=1S/C17H21ClN2S/c1-20(10-9-14-4-3-11-21-14)17-6-2-5-16(18)15(17)12-19-13-7-8-13/h2-6,11,13,19H,7-10,12H2,1H3. The smallest absolute Gasteiger partial charge is 0.0471 e. The topological polar surface area (TPSA) is 15.3 Å². The number of anilines is 1. The molecule has 112 valence electrons. The average molecular weight is 321 g/mol. The van der Waals surface area contributed by atoms with Gasteiger partial charge in [-0.1, -0.05) is 23.7 Å². The summed E-state index contributed by atoms with van der Waals surface area (Å²) in [5.74, 6) is 0. The maximum Gasteiger partial charge on any atom is 0.0471 e. The first-order valence-electron chi connectivity index (χ1n) is 7.48. The predicted molar refractivity (Wildman–Crippen MR) is 92.6 cm³/mol. The van der Waals surface area contributed by atoms with Crippen LogP contribution in [-0.4, -0.2) is 19.6 Å². The monoisotopic (exact) mass is 320 g/mol. The molecule has 1 aliphatic rings. The second kappa shape index (κ2) is 6.82. The maximum absolute atomic E-state index is 6.41. The Morgan fingerprint density at radius 2 is 2.14 bits per heavy atom. The van der Waals surface area contributed by atoms with Crippen LogP contribution in [0.5, 0.6) is 0 Å². The van der Waals surface area contributed by atoms with E-state index in [2.05, 4.69) is 40.8 Å². The SMILES string of the molecule is CN(CCc1cccs1)c1cccc(Cl)c1CNC1CC1. The molecule has 1 aliphatic carbocycles. The molecule has 3 rings (SSSR count). The van der Waals surface area contributed by atoms with Crippen LogP contribution in [0.15, 0.2) is 35.7 Å². The van der Waals surface area contributed by atoms with E-state index in [9.17, 15) is 0 Å². The zero-order valence-corrected chi connectivity index (χ0v) is 13.9. The Hall–Kier alpha value is -1.03. The summed E-state index contributed by atoms with van der Waals surface area (Å²) in [4.78, 5) is 3.75. The zero-order chi connectivity index (χ0) is 14.7. The molecule has 0 bridgehead atoms. The number of halogens is 1. The Morgan fingerprint density at radius 3 is 2.86 bits per heavy atom. The van der Waals surface area contributed by atoms with Crippen LogP contribution >= 0.6 is 22.9 Å². The minimum absolute atomic E-state index is 0.700. The second-order valence-corrected chi connectivity index (χ2v) is 7.08. The van der Waals surface area contributed by atoms with Crippen LogP contribution in [0.4, 0.5) is 5.69 Å². The lowest BCUT2D eigenvalue weighted by Gasteiger charge is -2.23. The first-order valence-corrected chi connectivity index (χ1v) is 8.74. The number of nitrogens with one attached hydrogen (secondary N) is 1. The number of hydrogen-bond donors (Lipinski definition) is 1. The molecule has 1 aromatic heterocycles. The fourth-order valence-electron chi connectivity index (χ4n) is 2.47. The molecule has 0 radical (unpaired) electrons. The van der Waals surface area contributed by atoms with E-state index in [4.69, 9.17) is 11.6 Å². The van der Waals surface area contributed by atoms with Gasteiger partial charge in [0.1, 0.15) is 0 Å². The van der Waals surface area contributed by atoms with Crippen LogP contribution in [0.3, 0.4) is 0 Å². The molecule has 1 saturated carbocycles. The zero-order valence-electron chi connectivity index (χ0n) is 12.3. The summed E-state index contributed by atoms with van der Waals surface area (Å²) < 4.78 is 0. The Morgan fingerprint density at radius 1 is 1.29 bits per heavy atom. The molecule has 0 saturated heterocycles. The summed E-state index contributed by atoms with van der Waals surface area (Å²) in [5, 5.41) is 6.57. The fraction of sp³-hybridized carbons (Fsp3) is 0.412. The van der Waals surface area contributed by atoms with Crippen LogP contribution < -0.4 is 10.2 Å². The van der Waals surface area contributed by atoms with E-state index >= 15 is 0 Å². The van der Waals surface area contributed by atoms with Gasteiger partial charge in [0, 0.05) is 47.3 Å². The van der Waals surface area contributed by atoms with Gasteiger partial charge >= 0.3 is 0 Å². The number of nitrogens with zero attached hydrogens (tertiary/aromatic N) is 1. The van der Waals surface area contributed by atoms with Crippen molar-refractivity contribution in [2.75, 3.05) is 18.5 Å². The van der Waals surface area contributed by atoms with Crippen molar-refractivity contribution in [3.63, 3.8) is 0 Å². The Bertz CT molecular complexity index is 578. The molecular formula is C17H21ClN2S. The Kier molecular flexibility index (Phi) is 4.84. The average Bonchev–Trinajstić information content (AvgIpc) is 3.17. The summed E-state index contributed by atoms with van der Waals surface area (Å²) in [5.41, 5.74) is 2.46. The molecule has 0 unspecified atom stereocenters. The highest BCUT2D eigenvalue weighted by molar-refractivity contribution is 7.09. The summed E-state index contributed by atoms with van der Waals surface area (Å²) >= 11 is 8.24. The van der Waals surface area contributed by atoms with Crippen molar-refractivity contribution in [3.8, 4) is 0 Å². The van der Waals surface area contributed by atoms with Crippen molar-refractivity contribution >= 4 is 28.6 Å². The molecule has 0 amide bonds. The fourth-order valence-corrected chi connectivity index (χ4v) is 3.40. The van der Waals surface area contributed by atoms with Crippen molar-refractivity contribution in [1.82, 2.24) is 5.32 Å². The van der Waals surface area contributed by atoms with Gasteiger partial charge in [-0.3, -0.25) is 0 Å². The van der Waals surface area contributed by atoms with E-state index in [1.54, 1.807) is 0 Å². The summed E-state index contributed by atoms with van der Waals surface area (Å²) in [6, 6.07) is 11.2. The highest BCUT2D eigenvalue weighted by Crippen LogP contribution is 2.29. The molecule has 1 N–H and O–H groups in total. The lowest BCUT2D eigenvalue weighted by Crippen LogP contribution is -2.24. The lowest BCUT2D eigenvalue weighted by atomic mass is 10.1. The third kappa shape index (κ3) is 4.00. The van der Waals surface area contributed by atoms with E-state index in [1.807, 2.05) is 23.5 Å². The van der Waals surface area contributed by atoms with Gasteiger partial charge in [0.05, 0.1) is 0 Å². The maximum atomic E-state index is 6.41. The third-order valence-electron chi connectivity index (χ3n) is 3.92. The van der Waals surface area contributed by atoms with Gasteiger partial charge in [0.15, 0.2) is 0 Å². The number of hydrogen-bond acceptors (Lipinski definition) is 3. The molecular weight excluding hydrogens is 300 g/mol.